The molecule has 1 aliphatic heterocycles. The SMILES string of the molecule is COc1ccccc1NC(=O)N1CC(OC)CC1C(=O)O. The number of nitrogens with one attached hydrogen (secondary N) is 1. The van der Waals surface area contributed by atoms with E-state index in [2.05, 4.69) is 5.32 Å². The van der Waals surface area contributed by atoms with Gasteiger partial charge in [-0.15, -0.1) is 0 Å². The highest BCUT2D eigenvalue weighted by molar-refractivity contribution is 5.94. The van der Waals surface area contributed by atoms with Crippen LogP contribution in [0, 0.1) is 0 Å². The summed E-state index contributed by atoms with van der Waals surface area (Å²) in [6, 6.07) is 5.58. The number of methoxy groups -OCH3 is 2. The van der Waals surface area contributed by atoms with Crippen molar-refractivity contribution in [3.05, 3.63) is 24.3 Å². The maximum atomic E-state index is 12.3. The van der Waals surface area contributed by atoms with Gasteiger partial charge in [-0.2, -0.15) is 0 Å². The van der Waals surface area contributed by atoms with E-state index in [0.717, 1.165) is 0 Å². The maximum Gasteiger partial charge on any atom is 0.326 e. The fourth-order valence-electron chi connectivity index (χ4n) is 2.36. The Bertz CT molecular complexity index is 534. The van der Waals surface area contributed by atoms with E-state index in [9.17, 15) is 14.7 Å². The van der Waals surface area contributed by atoms with Gasteiger partial charge in [0, 0.05) is 20.1 Å². The molecule has 1 aromatic rings. The van der Waals surface area contributed by atoms with Crippen molar-refractivity contribution < 1.29 is 24.2 Å². The van der Waals surface area contributed by atoms with Crippen molar-refractivity contribution in [1.82, 2.24) is 4.90 Å². The topological polar surface area (TPSA) is 88.1 Å². The van der Waals surface area contributed by atoms with E-state index < -0.39 is 18.0 Å². The molecule has 1 aliphatic rings. The molecule has 7 heteroatoms. The molecule has 0 aliphatic carbocycles. The zero-order valence-electron chi connectivity index (χ0n) is 11.9. The van der Waals surface area contributed by atoms with E-state index in [1.807, 2.05) is 0 Å². The number of aliphatic carboxylic acids is 1. The van der Waals surface area contributed by atoms with E-state index in [1.165, 1.54) is 19.1 Å². The van der Waals surface area contributed by atoms with Crippen LogP contribution in [0.15, 0.2) is 24.3 Å². The predicted octanol–water partition coefficient (Wildman–Crippen LogP) is 1.40. The first-order chi connectivity index (χ1) is 10.1. The molecular formula is C14H18N2O5. The second kappa shape index (κ2) is 6.45. The molecule has 0 radical (unpaired) electrons. The highest BCUT2D eigenvalue weighted by atomic mass is 16.5. The van der Waals surface area contributed by atoms with Gasteiger partial charge in [-0.1, -0.05) is 12.1 Å². The Kier molecular flexibility index (Phi) is 4.64. The minimum Gasteiger partial charge on any atom is -0.495 e. The summed E-state index contributed by atoms with van der Waals surface area (Å²) in [4.78, 5) is 24.8. The first kappa shape index (κ1) is 15.1. The average molecular weight is 294 g/mol. The van der Waals surface area contributed by atoms with Gasteiger partial charge in [-0.25, -0.2) is 9.59 Å². The summed E-state index contributed by atoms with van der Waals surface area (Å²) in [5, 5.41) is 11.9. The van der Waals surface area contributed by atoms with Crippen LogP contribution in [0.25, 0.3) is 0 Å². The van der Waals surface area contributed by atoms with Crippen molar-refractivity contribution in [1.29, 1.82) is 0 Å². The van der Waals surface area contributed by atoms with Crippen molar-refractivity contribution in [3.63, 3.8) is 0 Å². The van der Waals surface area contributed by atoms with Gasteiger partial charge in [0.1, 0.15) is 11.8 Å². The lowest BCUT2D eigenvalue weighted by Crippen LogP contribution is -2.43. The standard InChI is InChI=1S/C14H18N2O5/c1-20-9-7-11(13(17)18)16(8-9)14(19)15-10-5-3-4-6-12(10)21-2/h3-6,9,11H,7-8H2,1-2H3,(H,15,19)(H,17,18). The number of likely N-dealkylation sites (tertiary alicyclic amines) is 1. The number of nitrogens with zero attached hydrogens (tertiary/aromatic N) is 1. The van der Waals surface area contributed by atoms with Crippen LogP contribution in [0.3, 0.4) is 0 Å². The summed E-state index contributed by atoms with van der Waals surface area (Å²) in [6.45, 7) is 0.244. The largest absolute Gasteiger partial charge is 0.495 e. The summed E-state index contributed by atoms with van der Waals surface area (Å²) >= 11 is 0. The number of hydrogen-bond acceptors (Lipinski definition) is 4. The van der Waals surface area contributed by atoms with Crippen LogP contribution in [0.4, 0.5) is 10.5 Å². The molecule has 1 saturated heterocycles. The molecule has 1 fully saturated rings. The molecule has 0 bridgehead atoms. The number of anilines is 1. The first-order valence-electron chi connectivity index (χ1n) is 6.53. The zero-order chi connectivity index (χ0) is 15.4. The zero-order valence-corrected chi connectivity index (χ0v) is 11.9. The van der Waals surface area contributed by atoms with Gasteiger partial charge in [0.05, 0.1) is 18.9 Å². The summed E-state index contributed by atoms with van der Waals surface area (Å²) in [6.07, 6.45) is 0.0140. The molecular weight excluding hydrogens is 276 g/mol. The van der Waals surface area contributed by atoms with Crippen LogP contribution in [0.1, 0.15) is 6.42 Å². The summed E-state index contributed by atoms with van der Waals surface area (Å²) < 4.78 is 10.3. The van der Waals surface area contributed by atoms with Crippen LogP contribution < -0.4 is 10.1 Å². The third-order valence-electron chi connectivity index (χ3n) is 3.49. The minimum atomic E-state index is -1.04. The minimum absolute atomic E-state index is 0.244. The number of urea groups is 1. The molecule has 0 aromatic heterocycles. The second-order valence-corrected chi connectivity index (χ2v) is 4.73. The highest BCUT2D eigenvalue weighted by Gasteiger charge is 2.40. The molecule has 0 saturated carbocycles. The molecule has 2 atom stereocenters. The molecule has 2 unspecified atom stereocenters. The normalized spacial score (nSPS) is 21.1. The van der Waals surface area contributed by atoms with Crippen molar-refractivity contribution in [2.45, 2.75) is 18.6 Å². The second-order valence-electron chi connectivity index (χ2n) is 4.73. The molecule has 1 aromatic carbocycles. The number of carbonyl (C=O) groups is 2. The molecule has 2 amide bonds. The maximum absolute atomic E-state index is 12.3. The quantitative estimate of drug-likeness (QED) is 0.876. The third-order valence-corrected chi connectivity index (χ3v) is 3.49. The smallest absolute Gasteiger partial charge is 0.326 e. The Morgan fingerprint density at radius 3 is 2.67 bits per heavy atom. The number of para-hydroxylation sites is 2. The number of ether oxygens (including phenoxy) is 2. The van der Waals surface area contributed by atoms with E-state index in [1.54, 1.807) is 24.3 Å². The van der Waals surface area contributed by atoms with Crippen LogP contribution in [-0.2, 0) is 9.53 Å². The van der Waals surface area contributed by atoms with Crippen molar-refractivity contribution in [2.75, 3.05) is 26.1 Å². The molecule has 7 nitrogen and oxygen atoms in total. The number of carbonyl (C=O) groups excluding carboxylic acids is 1. The molecule has 21 heavy (non-hydrogen) atoms. The molecule has 114 valence electrons. The molecule has 0 spiro atoms. The fourth-order valence-corrected chi connectivity index (χ4v) is 2.36. The van der Waals surface area contributed by atoms with Gasteiger partial charge >= 0.3 is 12.0 Å². The number of hydrogen-bond donors (Lipinski definition) is 2. The van der Waals surface area contributed by atoms with Gasteiger partial charge in [0.15, 0.2) is 0 Å². The van der Waals surface area contributed by atoms with Crippen LogP contribution in [0.5, 0.6) is 5.75 Å². The van der Waals surface area contributed by atoms with Gasteiger partial charge in [-0.3, -0.25) is 0 Å². The Hall–Kier alpha value is -2.28. The molecule has 2 N–H and O–H groups in total. The van der Waals surface area contributed by atoms with Gasteiger partial charge in [0.25, 0.3) is 0 Å². The Morgan fingerprint density at radius 1 is 1.33 bits per heavy atom. The van der Waals surface area contributed by atoms with E-state index in [-0.39, 0.29) is 19.1 Å². The Morgan fingerprint density at radius 2 is 2.05 bits per heavy atom. The number of carboxylic acid groups (broad SMARTS) is 1. The van der Waals surface area contributed by atoms with Crippen LogP contribution in [0.2, 0.25) is 0 Å². The van der Waals surface area contributed by atoms with Crippen molar-refractivity contribution in [3.8, 4) is 5.75 Å². The molecule has 1 heterocycles. The monoisotopic (exact) mass is 294 g/mol. The summed E-state index contributed by atoms with van der Waals surface area (Å²) in [5.41, 5.74) is 0.495. The predicted molar refractivity (Wildman–Crippen MR) is 75.6 cm³/mol. The lowest BCUT2D eigenvalue weighted by atomic mass is 10.2. The lowest BCUT2D eigenvalue weighted by molar-refractivity contribution is -0.141. The number of rotatable bonds is 4. The average Bonchev–Trinajstić information content (AvgIpc) is 2.92. The van der Waals surface area contributed by atoms with Gasteiger partial charge in [0.2, 0.25) is 0 Å². The summed E-state index contributed by atoms with van der Waals surface area (Å²) in [7, 11) is 3.01. The van der Waals surface area contributed by atoms with Gasteiger partial charge < -0.3 is 24.8 Å². The van der Waals surface area contributed by atoms with Crippen molar-refractivity contribution in [2.24, 2.45) is 0 Å². The molecule has 2 rings (SSSR count). The first-order valence-corrected chi connectivity index (χ1v) is 6.53. The van der Waals surface area contributed by atoms with Crippen LogP contribution >= 0.6 is 0 Å². The van der Waals surface area contributed by atoms with Gasteiger partial charge in [-0.05, 0) is 12.1 Å². The van der Waals surface area contributed by atoms with E-state index in [0.29, 0.717) is 11.4 Å². The summed E-state index contributed by atoms with van der Waals surface area (Å²) in [5.74, 6) is -0.523. The third kappa shape index (κ3) is 3.25. The van der Waals surface area contributed by atoms with Crippen molar-refractivity contribution >= 4 is 17.7 Å². The Labute approximate surface area is 122 Å². The fraction of sp³-hybridized carbons (Fsp3) is 0.429. The van der Waals surface area contributed by atoms with Crippen LogP contribution in [-0.4, -0.2) is 54.9 Å². The highest BCUT2D eigenvalue weighted by Crippen LogP contribution is 2.26. The number of benzene rings is 1. The number of amides is 2. The van der Waals surface area contributed by atoms with E-state index >= 15 is 0 Å². The van der Waals surface area contributed by atoms with E-state index in [4.69, 9.17) is 9.47 Å². The number of carboxylic acids is 1. The Balaban J connectivity index is 2.13. The lowest BCUT2D eigenvalue weighted by Gasteiger charge is -2.22.